The molecule has 6 nitrogen and oxygen atoms in total. The van der Waals surface area contributed by atoms with Gasteiger partial charge in [-0.1, -0.05) is 24.3 Å². The minimum Gasteiger partial charge on any atom is -0.395 e. The molecule has 0 saturated carbocycles. The highest BCUT2D eigenvalue weighted by molar-refractivity contribution is 5.88. The van der Waals surface area contributed by atoms with Crippen molar-refractivity contribution in [2.24, 2.45) is 0 Å². The number of aliphatic hydroxyl groups excluding tert-OH is 1. The number of alkyl halides is 3. The third-order valence-electron chi connectivity index (χ3n) is 6.57. The van der Waals surface area contributed by atoms with E-state index in [-0.39, 0.29) is 30.4 Å². The van der Waals surface area contributed by atoms with Crippen LogP contribution >= 0.6 is 0 Å². The van der Waals surface area contributed by atoms with Gasteiger partial charge in [-0.05, 0) is 49.4 Å². The smallest absolute Gasteiger partial charge is 0.395 e. The van der Waals surface area contributed by atoms with Crippen molar-refractivity contribution in [1.29, 1.82) is 0 Å². The second kappa shape index (κ2) is 7.80. The number of H-pyrrole nitrogens is 1. The van der Waals surface area contributed by atoms with Crippen LogP contribution in [-0.2, 0) is 12.6 Å². The molecule has 3 heterocycles. The number of nitrogens with zero attached hydrogens (tertiary/aromatic N) is 3. The number of anilines is 1. The number of likely N-dealkylation sites (tertiary alicyclic amines) is 1. The minimum atomic E-state index is -4.48. The van der Waals surface area contributed by atoms with Gasteiger partial charge in [0.2, 0.25) is 0 Å². The van der Waals surface area contributed by atoms with Gasteiger partial charge >= 0.3 is 6.18 Å². The summed E-state index contributed by atoms with van der Waals surface area (Å²) in [6, 6.07) is 9.29. The molecule has 0 amide bonds. The fourth-order valence-corrected chi connectivity index (χ4v) is 5.12. The van der Waals surface area contributed by atoms with Crippen LogP contribution in [0.1, 0.15) is 42.1 Å². The average Bonchev–Trinajstić information content (AvgIpc) is 3.41. The van der Waals surface area contributed by atoms with E-state index in [1.165, 1.54) is 11.9 Å². The predicted octanol–water partition coefficient (Wildman–Crippen LogP) is 3.90. The van der Waals surface area contributed by atoms with E-state index in [4.69, 9.17) is 0 Å². The topological polar surface area (TPSA) is 77.1 Å². The summed E-state index contributed by atoms with van der Waals surface area (Å²) in [5, 5.41) is 13.6. The van der Waals surface area contributed by atoms with Crippen molar-refractivity contribution in [3.05, 3.63) is 53.5 Å². The number of fused-ring (bicyclic) bond motifs is 2. The first-order valence-corrected chi connectivity index (χ1v) is 10.6. The summed E-state index contributed by atoms with van der Waals surface area (Å²) >= 11 is 0. The van der Waals surface area contributed by atoms with Crippen LogP contribution in [0.15, 0.2) is 36.7 Å². The molecule has 1 aliphatic heterocycles. The minimum absolute atomic E-state index is 0.106. The van der Waals surface area contributed by atoms with E-state index < -0.39 is 11.9 Å². The van der Waals surface area contributed by atoms with Crippen LogP contribution in [-0.4, -0.2) is 50.2 Å². The first-order valence-electron chi connectivity index (χ1n) is 10.6. The summed E-state index contributed by atoms with van der Waals surface area (Å²) < 4.78 is 39.7. The Morgan fingerprint density at radius 1 is 1.19 bits per heavy atom. The number of aromatic nitrogens is 3. The van der Waals surface area contributed by atoms with Crippen LogP contribution < -0.4 is 5.32 Å². The Morgan fingerprint density at radius 2 is 2.03 bits per heavy atom. The van der Waals surface area contributed by atoms with E-state index in [2.05, 4.69) is 37.3 Å². The second-order valence-electron chi connectivity index (χ2n) is 8.31. The Hall–Kier alpha value is -2.65. The number of nitrogens with one attached hydrogen (secondary N) is 2. The zero-order valence-corrected chi connectivity index (χ0v) is 16.9. The first-order chi connectivity index (χ1) is 15.0. The van der Waals surface area contributed by atoms with Gasteiger partial charge in [-0.3, -0.25) is 4.90 Å². The number of halogens is 3. The van der Waals surface area contributed by atoms with Gasteiger partial charge in [0.15, 0.2) is 0 Å². The van der Waals surface area contributed by atoms with E-state index >= 15 is 0 Å². The maximum atomic E-state index is 13.2. The summed E-state index contributed by atoms with van der Waals surface area (Å²) in [4.78, 5) is 13.0. The summed E-state index contributed by atoms with van der Waals surface area (Å²) in [7, 11) is 0. The monoisotopic (exact) mass is 431 g/mol. The van der Waals surface area contributed by atoms with Crippen molar-refractivity contribution in [2.75, 3.05) is 18.5 Å². The Bertz CT molecular complexity index is 1080. The molecule has 1 fully saturated rings. The van der Waals surface area contributed by atoms with Crippen LogP contribution in [0.2, 0.25) is 0 Å². The highest BCUT2D eigenvalue weighted by Crippen LogP contribution is 2.39. The predicted molar refractivity (Wildman–Crippen MR) is 111 cm³/mol. The molecule has 1 unspecified atom stereocenters. The fourth-order valence-electron chi connectivity index (χ4n) is 5.12. The number of rotatable bonds is 4. The number of aryl methyl sites for hydroxylation is 1. The van der Waals surface area contributed by atoms with Crippen LogP contribution in [0.5, 0.6) is 0 Å². The lowest BCUT2D eigenvalue weighted by atomic mass is 9.83. The molecular formula is C22H24F3N5O. The maximum absolute atomic E-state index is 13.2. The zero-order valence-electron chi connectivity index (χ0n) is 16.9. The highest BCUT2D eigenvalue weighted by Gasteiger charge is 2.39. The van der Waals surface area contributed by atoms with E-state index in [0.29, 0.717) is 11.2 Å². The normalized spacial score (nSPS) is 24.5. The van der Waals surface area contributed by atoms with Gasteiger partial charge in [0.25, 0.3) is 0 Å². The van der Waals surface area contributed by atoms with Crippen LogP contribution in [0.25, 0.3) is 11.0 Å². The van der Waals surface area contributed by atoms with Crippen molar-refractivity contribution in [2.45, 2.75) is 50.0 Å². The summed E-state index contributed by atoms with van der Waals surface area (Å²) in [6.45, 7) is 1.01. The quantitative estimate of drug-likeness (QED) is 0.584. The summed E-state index contributed by atoms with van der Waals surface area (Å²) in [5.41, 5.74) is 1.67. The van der Waals surface area contributed by atoms with Gasteiger partial charge in [-0.2, -0.15) is 13.2 Å². The number of aromatic amines is 1. The molecule has 0 bridgehead atoms. The molecule has 3 N–H and O–H groups in total. The number of benzene rings is 1. The third-order valence-corrected chi connectivity index (χ3v) is 6.57. The Morgan fingerprint density at radius 3 is 2.84 bits per heavy atom. The number of aliphatic hydroxyl groups is 1. The molecule has 31 heavy (non-hydrogen) atoms. The number of hydrogen-bond acceptors (Lipinski definition) is 5. The summed E-state index contributed by atoms with van der Waals surface area (Å²) in [6.07, 6.45) is 0.599. The van der Waals surface area contributed by atoms with Crippen molar-refractivity contribution >= 4 is 16.9 Å². The molecule has 2 aliphatic rings. The molecule has 1 aliphatic carbocycles. The molecule has 3 aromatic rings. The lowest BCUT2D eigenvalue weighted by Crippen LogP contribution is -2.48. The second-order valence-corrected chi connectivity index (χ2v) is 8.31. The Balaban J connectivity index is 1.55. The molecule has 1 aromatic carbocycles. The van der Waals surface area contributed by atoms with Gasteiger partial charge in [0.05, 0.1) is 18.0 Å². The van der Waals surface area contributed by atoms with Gasteiger partial charge in [-0.25, -0.2) is 9.97 Å². The largest absolute Gasteiger partial charge is 0.431 e. The molecular weight excluding hydrogens is 407 g/mol. The van der Waals surface area contributed by atoms with Gasteiger partial charge in [0.1, 0.15) is 23.5 Å². The maximum Gasteiger partial charge on any atom is 0.431 e. The SMILES string of the molecule is OC[C@@H]1CCCN1[C@H]1CCc2ccccc2C1Nc1ncnc2[nH]c(C(F)(F)F)cc12. The molecule has 0 radical (unpaired) electrons. The van der Waals surface area contributed by atoms with E-state index in [0.717, 1.165) is 43.9 Å². The van der Waals surface area contributed by atoms with E-state index in [9.17, 15) is 18.3 Å². The standard InChI is InChI=1S/C22H24F3N5O/c23-22(24,25)18-10-16-20(28-18)26-12-27-21(16)29-19-15-6-2-1-4-13(15)7-8-17(19)30-9-3-5-14(30)11-31/h1-2,4,6,10,12,14,17,19,31H,3,5,7-9,11H2,(H2,26,27,28,29)/t14-,17-,19?/m0/s1. The van der Waals surface area contributed by atoms with Gasteiger partial charge in [-0.15, -0.1) is 0 Å². The molecule has 5 rings (SSSR count). The first kappa shape index (κ1) is 20.3. The Kier molecular flexibility index (Phi) is 5.10. The lowest BCUT2D eigenvalue weighted by molar-refractivity contribution is -0.140. The molecule has 1 saturated heterocycles. The van der Waals surface area contributed by atoms with Crippen molar-refractivity contribution < 1.29 is 18.3 Å². The molecule has 9 heteroatoms. The highest BCUT2D eigenvalue weighted by atomic mass is 19.4. The zero-order chi connectivity index (χ0) is 21.6. The van der Waals surface area contributed by atoms with E-state index in [1.807, 2.05) is 12.1 Å². The van der Waals surface area contributed by atoms with Crippen molar-refractivity contribution in [1.82, 2.24) is 19.9 Å². The molecule has 2 aromatic heterocycles. The third kappa shape index (κ3) is 3.65. The van der Waals surface area contributed by atoms with Crippen LogP contribution in [0.3, 0.4) is 0 Å². The van der Waals surface area contributed by atoms with Gasteiger partial charge in [0, 0.05) is 12.1 Å². The van der Waals surface area contributed by atoms with Crippen LogP contribution in [0, 0.1) is 0 Å². The Labute approximate surface area is 177 Å². The number of hydrogen-bond donors (Lipinski definition) is 3. The summed E-state index contributed by atoms with van der Waals surface area (Å²) in [5.74, 6) is 0.378. The van der Waals surface area contributed by atoms with Crippen molar-refractivity contribution in [3.63, 3.8) is 0 Å². The molecule has 164 valence electrons. The van der Waals surface area contributed by atoms with Gasteiger partial charge < -0.3 is 15.4 Å². The average molecular weight is 431 g/mol. The van der Waals surface area contributed by atoms with Crippen molar-refractivity contribution in [3.8, 4) is 0 Å². The van der Waals surface area contributed by atoms with Crippen LogP contribution in [0.4, 0.5) is 19.0 Å². The molecule has 3 atom stereocenters. The fraction of sp³-hybridized carbons (Fsp3) is 0.455. The lowest BCUT2D eigenvalue weighted by Gasteiger charge is -2.42. The molecule has 0 spiro atoms. The van der Waals surface area contributed by atoms with E-state index in [1.54, 1.807) is 0 Å².